The summed E-state index contributed by atoms with van der Waals surface area (Å²) in [5.41, 5.74) is 0. The van der Waals surface area contributed by atoms with Crippen molar-refractivity contribution in [3.8, 4) is 0 Å². The fraction of sp³-hybridized carbons (Fsp3) is 0.571. The quantitative estimate of drug-likeness (QED) is 0.821. The van der Waals surface area contributed by atoms with Crippen LogP contribution in [0.25, 0.3) is 0 Å². The molecule has 2 nitrogen and oxygen atoms in total. The van der Waals surface area contributed by atoms with E-state index in [0.717, 1.165) is 29.1 Å². The highest BCUT2D eigenvalue weighted by molar-refractivity contribution is 9.11. The monoisotopic (exact) mass is 297 g/mol. The van der Waals surface area contributed by atoms with E-state index in [-0.39, 0.29) is 0 Å². The van der Waals surface area contributed by atoms with Gasteiger partial charge in [-0.25, -0.2) is 0 Å². The molecule has 0 unspecified atom stereocenters. The lowest BCUT2D eigenvalue weighted by Gasteiger charge is -2.28. The number of rotatable bonds is 3. The maximum absolute atomic E-state index is 5.80. The van der Waals surface area contributed by atoms with Crippen LogP contribution in [0.5, 0.6) is 0 Å². The molecule has 2 rings (SSSR count). The van der Waals surface area contributed by atoms with Gasteiger partial charge in [0.05, 0.1) is 6.04 Å². The Morgan fingerprint density at radius 1 is 1.47 bits per heavy atom. The third-order valence-electron chi connectivity index (χ3n) is 3.33. The zero-order valence-electron chi connectivity index (χ0n) is 10.4. The van der Waals surface area contributed by atoms with E-state index in [1.54, 1.807) is 0 Å². The average Bonchev–Trinajstić information content (AvgIpc) is 2.56. The molecular formula is C14H20BrNO. The molecule has 94 valence electrons. The van der Waals surface area contributed by atoms with Gasteiger partial charge in [-0.2, -0.15) is 0 Å². The van der Waals surface area contributed by atoms with Crippen LogP contribution in [0.3, 0.4) is 0 Å². The maximum Gasteiger partial charge on any atom is 0.121 e. The fourth-order valence-corrected chi connectivity index (χ4v) is 2.85. The van der Waals surface area contributed by atoms with Crippen molar-refractivity contribution < 1.29 is 4.42 Å². The number of hydrogen-bond donors (Lipinski definition) is 0. The van der Waals surface area contributed by atoms with Crippen molar-refractivity contribution in [2.45, 2.75) is 38.6 Å². The molecule has 1 fully saturated rings. The number of furan rings is 1. The predicted molar refractivity (Wildman–Crippen MR) is 74.3 cm³/mol. The van der Waals surface area contributed by atoms with Crippen LogP contribution in [-0.4, -0.2) is 18.0 Å². The summed E-state index contributed by atoms with van der Waals surface area (Å²) < 4.78 is 6.85. The van der Waals surface area contributed by atoms with Crippen molar-refractivity contribution in [2.75, 3.05) is 13.1 Å². The minimum absolute atomic E-state index is 0.417. The molecular weight excluding hydrogens is 278 g/mol. The van der Waals surface area contributed by atoms with Crippen LogP contribution < -0.4 is 0 Å². The first kappa shape index (κ1) is 12.9. The largest absolute Gasteiger partial charge is 0.465 e. The highest BCUT2D eigenvalue weighted by Gasteiger charge is 2.24. The van der Waals surface area contributed by atoms with E-state index in [2.05, 4.69) is 39.5 Å². The Hall–Kier alpha value is -0.540. The van der Waals surface area contributed by atoms with Gasteiger partial charge in [-0.05, 0) is 38.4 Å². The van der Waals surface area contributed by atoms with E-state index >= 15 is 0 Å². The lowest BCUT2D eigenvalue weighted by atomic mass is 10.1. The van der Waals surface area contributed by atoms with Crippen molar-refractivity contribution in [3.63, 3.8) is 0 Å². The standard InChI is InChI=1S/C14H20BrNO/c1-11(15)10-16-9-5-3-4-6-13(16)14-8-7-12(2)17-14/h7-8,13H,1,3-6,9-10H2,2H3/t13-/m0/s1. The number of likely N-dealkylation sites (tertiary alicyclic amines) is 1. The second-order valence-corrected chi connectivity index (χ2v) is 5.92. The fourth-order valence-electron chi connectivity index (χ4n) is 2.53. The summed E-state index contributed by atoms with van der Waals surface area (Å²) in [5, 5.41) is 0. The first-order valence-electron chi connectivity index (χ1n) is 6.30. The average molecular weight is 298 g/mol. The van der Waals surface area contributed by atoms with Gasteiger partial charge in [0, 0.05) is 11.0 Å². The summed E-state index contributed by atoms with van der Waals surface area (Å²) in [6, 6.07) is 4.59. The zero-order chi connectivity index (χ0) is 12.3. The van der Waals surface area contributed by atoms with Gasteiger partial charge in [0.1, 0.15) is 11.5 Å². The minimum atomic E-state index is 0.417. The van der Waals surface area contributed by atoms with Gasteiger partial charge in [0.2, 0.25) is 0 Å². The maximum atomic E-state index is 5.80. The van der Waals surface area contributed by atoms with Crippen molar-refractivity contribution in [1.29, 1.82) is 0 Å². The molecule has 1 aromatic rings. The second kappa shape index (κ2) is 5.87. The third-order valence-corrected chi connectivity index (χ3v) is 3.58. The Morgan fingerprint density at radius 3 is 2.94 bits per heavy atom. The third kappa shape index (κ3) is 3.46. The Balaban J connectivity index is 2.16. The zero-order valence-corrected chi connectivity index (χ0v) is 12.0. The molecule has 1 saturated heterocycles. The van der Waals surface area contributed by atoms with E-state index in [4.69, 9.17) is 4.42 Å². The first-order chi connectivity index (χ1) is 8.16. The van der Waals surface area contributed by atoms with Crippen LogP contribution in [0.2, 0.25) is 0 Å². The Kier molecular flexibility index (Phi) is 4.46. The van der Waals surface area contributed by atoms with E-state index in [0.29, 0.717) is 6.04 Å². The van der Waals surface area contributed by atoms with Crippen LogP contribution in [0.1, 0.15) is 43.2 Å². The van der Waals surface area contributed by atoms with Crippen LogP contribution in [-0.2, 0) is 0 Å². The predicted octanol–water partition coefficient (Wildman–Crippen LogP) is 4.41. The van der Waals surface area contributed by atoms with Crippen LogP contribution in [0.4, 0.5) is 0 Å². The molecule has 17 heavy (non-hydrogen) atoms. The number of nitrogens with zero attached hydrogens (tertiary/aromatic N) is 1. The number of halogens is 1. The summed E-state index contributed by atoms with van der Waals surface area (Å²) in [6.07, 6.45) is 5.07. The normalized spacial score (nSPS) is 22.4. The second-order valence-electron chi connectivity index (χ2n) is 4.80. The molecule has 0 spiro atoms. The molecule has 0 aromatic carbocycles. The molecule has 0 N–H and O–H groups in total. The minimum Gasteiger partial charge on any atom is -0.465 e. The molecule has 0 radical (unpaired) electrons. The molecule has 0 amide bonds. The summed E-state index contributed by atoms with van der Waals surface area (Å²) in [7, 11) is 0. The van der Waals surface area contributed by atoms with Gasteiger partial charge in [0.15, 0.2) is 0 Å². The van der Waals surface area contributed by atoms with E-state index < -0.39 is 0 Å². The lowest BCUT2D eigenvalue weighted by molar-refractivity contribution is 0.194. The molecule has 1 atom stereocenters. The Labute approximate surface area is 112 Å². The van der Waals surface area contributed by atoms with Crippen LogP contribution >= 0.6 is 15.9 Å². The lowest BCUT2D eigenvalue weighted by Crippen LogP contribution is -2.29. The Morgan fingerprint density at radius 2 is 2.29 bits per heavy atom. The van der Waals surface area contributed by atoms with E-state index in [1.165, 1.54) is 25.7 Å². The molecule has 0 bridgehead atoms. The molecule has 3 heteroatoms. The van der Waals surface area contributed by atoms with Crippen molar-refractivity contribution >= 4 is 15.9 Å². The molecule has 2 heterocycles. The van der Waals surface area contributed by atoms with Gasteiger partial charge in [-0.1, -0.05) is 35.4 Å². The summed E-state index contributed by atoms with van der Waals surface area (Å²) in [5.74, 6) is 2.11. The molecule has 1 aliphatic heterocycles. The Bertz CT molecular complexity index is 385. The number of hydrogen-bond acceptors (Lipinski definition) is 2. The van der Waals surface area contributed by atoms with Crippen molar-refractivity contribution in [2.24, 2.45) is 0 Å². The first-order valence-corrected chi connectivity index (χ1v) is 7.10. The van der Waals surface area contributed by atoms with Gasteiger partial charge in [-0.15, -0.1) is 0 Å². The highest BCUT2D eigenvalue weighted by atomic mass is 79.9. The van der Waals surface area contributed by atoms with Crippen LogP contribution in [0, 0.1) is 6.92 Å². The van der Waals surface area contributed by atoms with Gasteiger partial charge in [0.25, 0.3) is 0 Å². The summed E-state index contributed by atoms with van der Waals surface area (Å²) in [6.45, 7) is 8.01. The van der Waals surface area contributed by atoms with E-state index in [1.807, 2.05) is 6.92 Å². The topological polar surface area (TPSA) is 16.4 Å². The van der Waals surface area contributed by atoms with Crippen molar-refractivity contribution in [1.82, 2.24) is 4.90 Å². The molecule has 0 aliphatic carbocycles. The smallest absolute Gasteiger partial charge is 0.121 e. The van der Waals surface area contributed by atoms with Gasteiger partial charge < -0.3 is 4.42 Å². The summed E-state index contributed by atoms with van der Waals surface area (Å²) >= 11 is 3.47. The highest BCUT2D eigenvalue weighted by Crippen LogP contribution is 2.31. The van der Waals surface area contributed by atoms with E-state index in [9.17, 15) is 0 Å². The number of aryl methyl sites for hydroxylation is 1. The van der Waals surface area contributed by atoms with Gasteiger partial charge >= 0.3 is 0 Å². The molecule has 1 aliphatic rings. The molecule has 0 saturated carbocycles. The van der Waals surface area contributed by atoms with Crippen LogP contribution in [0.15, 0.2) is 27.6 Å². The summed E-state index contributed by atoms with van der Waals surface area (Å²) in [4.78, 5) is 2.47. The van der Waals surface area contributed by atoms with Crippen molar-refractivity contribution in [3.05, 3.63) is 34.7 Å². The molecule has 1 aromatic heterocycles. The SMILES string of the molecule is C=C(Br)CN1CCCCC[C@H]1c1ccc(C)o1. The van der Waals surface area contributed by atoms with Gasteiger partial charge in [-0.3, -0.25) is 4.90 Å².